The number of nitro groups is 1. The third-order valence-electron chi connectivity index (χ3n) is 3.04. The number of aliphatic hydroxyl groups excluding tert-OH is 2. The Hall–Kier alpha value is -2.68. The third-order valence-corrected chi connectivity index (χ3v) is 3.04. The minimum atomic E-state index is -1.31. The zero-order chi connectivity index (χ0) is 15.4. The first kappa shape index (κ1) is 14.7. The van der Waals surface area contributed by atoms with Crippen molar-refractivity contribution in [2.24, 2.45) is 5.11 Å². The number of aromatic nitrogens is 2. The minimum absolute atomic E-state index is 0.0287. The van der Waals surface area contributed by atoms with Crippen LogP contribution in [0.4, 0.5) is 5.69 Å². The Balaban J connectivity index is 2.32. The molecule has 2 atom stereocenters. The standard InChI is InChI=1S/C11H12N6O4/c12-16-13-5-4-8(18)11(19)10-6-2-1-3-7(17(20)21)9(6)14-15-10/h1-3,8,11,18-19H,4-5H2,(H,14,15). The number of aromatic amines is 1. The van der Waals surface area contributed by atoms with Crippen molar-refractivity contribution in [2.45, 2.75) is 18.6 Å². The van der Waals surface area contributed by atoms with E-state index >= 15 is 0 Å². The molecule has 10 heteroatoms. The van der Waals surface area contributed by atoms with Crippen LogP contribution in [0, 0.1) is 10.1 Å². The second-order valence-electron chi connectivity index (χ2n) is 4.32. The van der Waals surface area contributed by atoms with Crippen LogP contribution in [0.2, 0.25) is 0 Å². The summed E-state index contributed by atoms with van der Waals surface area (Å²) in [6.07, 6.45) is -2.44. The molecule has 10 nitrogen and oxygen atoms in total. The highest BCUT2D eigenvalue weighted by Crippen LogP contribution is 2.30. The van der Waals surface area contributed by atoms with Gasteiger partial charge in [-0.2, -0.15) is 5.10 Å². The average molecular weight is 292 g/mol. The molecular weight excluding hydrogens is 280 g/mol. The van der Waals surface area contributed by atoms with Crippen molar-refractivity contribution in [3.05, 3.63) is 44.5 Å². The summed E-state index contributed by atoms with van der Waals surface area (Å²) < 4.78 is 0. The first-order chi connectivity index (χ1) is 10.1. The molecule has 0 amide bonds. The van der Waals surface area contributed by atoms with Gasteiger partial charge in [-0.25, -0.2) is 0 Å². The molecule has 0 fully saturated rings. The summed E-state index contributed by atoms with van der Waals surface area (Å²) >= 11 is 0. The number of nitrogens with zero attached hydrogens (tertiary/aromatic N) is 5. The fourth-order valence-electron chi connectivity index (χ4n) is 2.00. The second kappa shape index (κ2) is 6.18. The molecule has 0 radical (unpaired) electrons. The van der Waals surface area contributed by atoms with E-state index < -0.39 is 17.1 Å². The molecule has 0 saturated heterocycles. The number of nitrogens with one attached hydrogen (secondary N) is 1. The maximum Gasteiger partial charge on any atom is 0.297 e. The van der Waals surface area contributed by atoms with Gasteiger partial charge in [0.2, 0.25) is 0 Å². The van der Waals surface area contributed by atoms with E-state index in [1.807, 2.05) is 0 Å². The maximum atomic E-state index is 10.9. The van der Waals surface area contributed by atoms with E-state index in [4.69, 9.17) is 5.53 Å². The number of aliphatic hydroxyl groups is 2. The van der Waals surface area contributed by atoms with E-state index in [-0.39, 0.29) is 29.9 Å². The molecule has 1 aromatic heterocycles. The van der Waals surface area contributed by atoms with E-state index in [1.54, 1.807) is 6.07 Å². The first-order valence-corrected chi connectivity index (χ1v) is 6.04. The van der Waals surface area contributed by atoms with Gasteiger partial charge in [-0.05, 0) is 12.0 Å². The van der Waals surface area contributed by atoms with Crippen LogP contribution in [0.1, 0.15) is 18.2 Å². The minimum Gasteiger partial charge on any atom is -0.390 e. The van der Waals surface area contributed by atoms with Crippen LogP contribution in [0.5, 0.6) is 0 Å². The normalized spacial score (nSPS) is 13.6. The zero-order valence-corrected chi connectivity index (χ0v) is 10.7. The van der Waals surface area contributed by atoms with E-state index in [0.29, 0.717) is 5.39 Å². The molecule has 3 N–H and O–H groups in total. The predicted octanol–water partition coefficient (Wildman–Crippen LogP) is 1.57. The van der Waals surface area contributed by atoms with Gasteiger partial charge in [0, 0.05) is 22.9 Å². The van der Waals surface area contributed by atoms with Crippen LogP contribution in [-0.2, 0) is 0 Å². The van der Waals surface area contributed by atoms with E-state index in [1.165, 1.54) is 12.1 Å². The fourth-order valence-corrected chi connectivity index (χ4v) is 2.00. The second-order valence-corrected chi connectivity index (χ2v) is 4.32. The van der Waals surface area contributed by atoms with E-state index in [9.17, 15) is 20.3 Å². The van der Waals surface area contributed by atoms with Crippen LogP contribution < -0.4 is 0 Å². The molecule has 2 rings (SSSR count). The Morgan fingerprint density at radius 1 is 1.52 bits per heavy atom. The van der Waals surface area contributed by atoms with Gasteiger partial charge in [-0.1, -0.05) is 17.2 Å². The lowest BCUT2D eigenvalue weighted by atomic mass is 10.0. The van der Waals surface area contributed by atoms with Crippen molar-refractivity contribution in [2.75, 3.05) is 6.54 Å². The molecule has 0 spiro atoms. The Kier molecular flexibility index (Phi) is 4.33. The number of non-ortho nitro benzene ring substituents is 1. The Bertz CT molecular complexity index is 708. The molecule has 1 aromatic carbocycles. The van der Waals surface area contributed by atoms with Crippen LogP contribution in [0.3, 0.4) is 0 Å². The summed E-state index contributed by atoms with van der Waals surface area (Å²) in [6, 6.07) is 4.33. The number of azide groups is 1. The monoisotopic (exact) mass is 292 g/mol. The number of fused-ring (bicyclic) bond motifs is 1. The highest BCUT2D eigenvalue weighted by molar-refractivity contribution is 5.89. The van der Waals surface area contributed by atoms with Crippen LogP contribution in [-0.4, -0.2) is 38.0 Å². The highest BCUT2D eigenvalue weighted by Gasteiger charge is 2.24. The predicted molar refractivity (Wildman–Crippen MR) is 72.3 cm³/mol. The quantitative estimate of drug-likeness (QED) is 0.241. The molecular formula is C11H12N6O4. The number of hydrogen-bond acceptors (Lipinski definition) is 6. The van der Waals surface area contributed by atoms with Gasteiger partial charge in [0.15, 0.2) is 5.52 Å². The number of nitro benzene ring substituents is 1. The van der Waals surface area contributed by atoms with E-state index in [2.05, 4.69) is 20.2 Å². The van der Waals surface area contributed by atoms with Crippen molar-refractivity contribution in [1.82, 2.24) is 10.2 Å². The van der Waals surface area contributed by atoms with Crippen LogP contribution in [0.25, 0.3) is 21.3 Å². The fraction of sp³-hybridized carbons (Fsp3) is 0.364. The highest BCUT2D eigenvalue weighted by atomic mass is 16.6. The topological polar surface area (TPSA) is 161 Å². The zero-order valence-electron chi connectivity index (χ0n) is 10.7. The van der Waals surface area contributed by atoms with Gasteiger partial charge in [0.1, 0.15) is 6.10 Å². The van der Waals surface area contributed by atoms with Crippen LogP contribution in [0.15, 0.2) is 23.3 Å². The lowest BCUT2D eigenvalue weighted by Gasteiger charge is -2.15. The molecule has 0 saturated carbocycles. The molecule has 110 valence electrons. The summed E-state index contributed by atoms with van der Waals surface area (Å²) in [5, 5.41) is 40.8. The molecule has 0 bridgehead atoms. The number of rotatable bonds is 6. The molecule has 2 aromatic rings. The van der Waals surface area contributed by atoms with Gasteiger partial charge in [0.05, 0.1) is 16.7 Å². The number of hydrogen-bond donors (Lipinski definition) is 3. The van der Waals surface area contributed by atoms with Gasteiger partial charge in [-0.15, -0.1) is 0 Å². The summed E-state index contributed by atoms with van der Waals surface area (Å²) in [4.78, 5) is 12.9. The van der Waals surface area contributed by atoms with Crippen molar-refractivity contribution < 1.29 is 15.1 Å². The molecule has 21 heavy (non-hydrogen) atoms. The summed E-state index contributed by atoms with van der Waals surface area (Å²) in [6.45, 7) is 0.0287. The van der Waals surface area contributed by atoms with Crippen LogP contribution >= 0.6 is 0 Å². The number of para-hydroxylation sites is 1. The Morgan fingerprint density at radius 3 is 2.95 bits per heavy atom. The van der Waals surface area contributed by atoms with Crippen molar-refractivity contribution in [1.29, 1.82) is 0 Å². The molecule has 0 aliphatic heterocycles. The molecule has 0 aliphatic carbocycles. The average Bonchev–Trinajstić information content (AvgIpc) is 2.90. The Labute approximate surface area is 117 Å². The van der Waals surface area contributed by atoms with Crippen molar-refractivity contribution in [3.63, 3.8) is 0 Å². The smallest absolute Gasteiger partial charge is 0.297 e. The van der Waals surface area contributed by atoms with Gasteiger partial charge >= 0.3 is 0 Å². The summed E-state index contributed by atoms with van der Waals surface area (Å²) in [7, 11) is 0. The number of benzene rings is 1. The SMILES string of the molecule is [N-]=[N+]=NCCC(O)C(O)c1[nH]nc2c([N+](=O)[O-])cccc12. The first-order valence-electron chi connectivity index (χ1n) is 6.04. The Morgan fingerprint density at radius 2 is 2.29 bits per heavy atom. The largest absolute Gasteiger partial charge is 0.390 e. The molecule has 1 heterocycles. The van der Waals surface area contributed by atoms with Gasteiger partial charge < -0.3 is 10.2 Å². The van der Waals surface area contributed by atoms with Gasteiger partial charge in [0.25, 0.3) is 5.69 Å². The van der Waals surface area contributed by atoms with Crippen molar-refractivity contribution >= 4 is 16.6 Å². The molecule has 2 unspecified atom stereocenters. The summed E-state index contributed by atoms with van der Waals surface area (Å²) in [5.41, 5.74) is 8.26. The van der Waals surface area contributed by atoms with Crippen molar-refractivity contribution in [3.8, 4) is 0 Å². The van der Waals surface area contributed by atoms with Gasteiger partial charge in [-0.3, -0.25) is 15.2 Å². The molecule has 0 aliphatic rings. The lowest BCUT2D eigenvalue weighted by molar-refractivity contribution is -0.383. The third kappa shape index (κ3) is 2.92. The maximum absolute atomic E-state index is 10.9. The van der Waals surface area contributed by atoms with E-state index in [0.717, 1.165) is 0 Å². The summed E-state index contributed by atoms with van der Waals surface area (Å²) in [5.74, 6) is 0. The number of H-pyrrole nitrogens is 1. The lowest BCUT2D eigenvalue weighted by Crippen LogP contribution is -2.19.